The fourth-order valence-electron chi connectivity index (χ4n) is 6.25. The lowest BCUT2D eigenvalue weighted by atomic mass is 9.97. The van der Waals surface area contributed by atoms with Crippen molar-refractivity contribution in [1.82, 2.24) is 0 Å². The number of aromatic hydroxyl groups is 4. The Morgan fingerprint density at radius 2 is 1.26 bits per heavy atom. The van der Waals surface area contributed by atoms with Crippen LogP contribution >= 0.6 is 0 Å². The monoisotopic (exact) mass is 756 g/mol. The second-order valence-corrected chi connectivity index (χ2v) is 13.1. The summed E-state index contributed by atoms with van der Waals surface area (Å²) in [6.07, 6.45) is -24.7. The Morgan fingerprint density at radius 1 is 0.642 bits per heavy atom. The molecule has 0 amide bonds. The second-order valence-electron chi connectivity index (χ2n) is 13.1. The van der Waals surface area contributed by atoms with E-state index in [4.69, 9.17) is 32.8 Å². The van der Waals surface area contributed by atoms with E-state index in [1.165, 1.54) is 19.9 Å². The van der Waals surface area contributed by atoms with E-state index >= 15 is 0 Å². The first kappa shape index (κ1) is 38.8. The molecule has 3 saturated heterocycles. The van der Waals surface area contributed by atoms with Crippen LogP contribution in [0.4, 0.5) is 0 Å². The van der Waals surface area contributed by atoms with Gasteiger partial charge in [0, 0.05) is 17.7 Å². The van der Waals surface area contributed by atoms with Crippen molar-refractivity contribution >= 4 is 11.0 Å². The van der Waals surface area contributed by atoms with Crippen LogP contribution in [-0.2, 0) is 23.7 Å². The molecule has 20 heteroatoms. The van der Waals surface area contributed by atoms with Crippen LogP contribution in [0.2, 0.25) is 0 Å². The molecular weight excluding hydrogens is 716 g/mol. The third-order valence-electron chi connectivity index (χ3n) is 9.37. The summed E-state index contributed by atoms with van der Waals surface area (Å²) in [5, 5.41) is 125. The lowest BCUT2D eigenvalue weighted by Gasteiger charge is -2.46. The van der Waals surface area contributed by atoms with Gasteiger partial charge in [-0.05, 0) is 32.0 Å². The molecule has 12 N–H and O–H groups in total. The summed E-state index contributed by atoms with van der Waals surface area (Å²) in [5.74, 6) is -3.53. The van der Waals surface area contributed by atoms with Crippen molar-refractivity contribution in [2.45, 2.75) is 106 Å². The van der Waals surface area contributed by atoms with Gasteiger partial charge in [0.1, 0.15) is 83.5 Å². The zero-order valence-corrected chi connectivity index (χ0v) is 27.9. The first-order chi connectivity index (χ1) is 25.0. The number of ether oxygens (including phenoxy) is 6. The molecule has 292 valence electrons. The maximum Gasteiger partial charge on any atom is 0.239 e. The van der Waals surface area contributed by atoms with Crippen LogP contribution in [0.5, 0.6) is 28.7 Å². The van der Waals surface area contributed by atoms with Crippen molar-refractivity contribution in [2.75, 3.05) is 6.61 Å². The molecular formula is C33H40O20. The molecule has 6 rings (SSSR count). The minimum absolute atomic E-state index is 0.0678. The van der Waals surface area contributed by atoms with E-state index in [0.717, 1.165) is 24.3 Å². The molecule has 3 aliphatic heterocycles. The molecule has 15 atom stereocenters. The van der Waals surface area contributed by atoms with Gasteiger partial charge in [0.15, 0.2) is 29.8 Å². The van der Waals surface area contributed by atoms with E-state index in [1.807, 2.05) is 0 Å². The van der Waals surface area contributed by atoms with Gasteiger partial charge in [-0.15, -0.1) is 0 Å². The first-order valence-corrected chi connectivity index (χ1v) is 16.4. The van der Waals surface area contributed by atoms with Gasteiger partial charge >= 0.3 is 0 Å². The van der Waals surface area contributed by atoms with Crippen molar-refractivity contribution in [1.29, 1.82) is 0 Å². The Kier molecular flexibility index (Phi) is 11.1. The largest absolute Gasteiger partial charge is 0.508 e. The molecule has 1 aromatic heterocycles. The quantitative estimate of drug-likeness (QED) is 0.103. The Hall–Kier alpha value is -3.87. The van der Waals surface area contributed by atoms with Crippen molar-refractivity contribution < 1.29 is 94.1 Å². The highest BCUT2D eigenvalue weighted by Gasteiger charge is 2.51. The van der Waals surface area contributed by atoms with Crippen molar-refractivity contribution in [3.63, 3.8) is 0 Å². The Bertz CT molecular complexity index is 1830. The van der Waals surface area contributed by atoms with Crippen LogP contribution in [0.3, 0.4) is 0 Å². The fourth-order valence-corrected chi connectivity index (χ4v) is 6.25. The average molecular weight is 757 g/mol. The number of fused-ring (bicyclic) bond motifs is 1. The fraction of sp³-hybridized carbons (Fsp3) is 0.545. The molecule has 0 bridgehead atoms. The number of phenols is 4. The average Bonchev–Trinajstić information content (AvgIpc) is 3.11. The molecule has 3 aromatic rings. The maximum atomic E-state index is 13.8. The van der Waals surface area contributed by atoms with Crippen LogP contribution in [0.1, 0.15) is 13.8 Å². The summed E-state index contributed by atoms with van der Waals surface area (Å²) in [5.41, 5.74) is -1.46. The van der Waals surface area contributed by atoms with E-state index in [0.29, 0.717) is 0 Å². The number of aliphatic hydroxyl groups is 8. The summed E-state index contributed by atoms with van der Waals surface area (Å²) >= 11 is 0. The molecule has 0 spiro atoms. The van der Waals surface area contributed by atoms with Gasteiger partial charge in [-0.25, -0.2) is 0 Å². The van der Waals surface area contributed by atoms with Crippen LogP contribution in [0.25, 0.3) is 22.3 Å². The van der Waals surface area contributed by atoms with Crippen molar-refractivity contribution in [3.05, 3.63) is 40.6 Å². The molecule has 0 saturated carbocycles. The smallest absolute Gasteiger partial charge is 0.239 e. The standard InChI is InChI=1S/C33H40O20/c1-9-19(38)23(42)26(45)31(48-9)53-30-25(44)20(39)10(2)49-33(30)47-8-17-21(40)24(43)27(46)32(51-17)52-29-22(41)18-15(37)6-12(34)7-16(18)50-28(29)11-3-4-13(35)14(36)5-11/h3-7,9-10,17,19-21,23-27,30-40,42-46H,8H2,1-2H3/t9?,10?,17?,19-,20-,21+,23-,24?,25-,26?,27?,30?,31-,32-,33+/m0/s1. The summed E-state index contributed by atoms with van der Waals surface area (Å²) in [6.45, 7) is 2.08. The Balaban J connectivity index is 1.27. The second kappa shape index (κ2) is 15.1. The molecule has 2 aromatic carbocycles. The molecule has 3 aliphatic rings. The minimum atomic E-state index is -2.04. The predicted octanol–water partition coefficient (Wildman–Crippen LogP) is -2.84. The van der Waals surface area contributed by atoms with Gasteiger partial charge in [-0.2, -0.15) is 0 Å². The molecule has 4 heterocycles. The molecule has 7 unspecified atom stereocenters. The van der Waals surface area contributed by atoms with Gasteiger partial charge in [0.05, 0.1) is 18.8 Å². The third kappa shape index (κ3) is 7.34. The van der Waals surface area contributed by atoms with Gasteiger partial charge in [0.2, 0.25) is 17.5 Å². The zero-order valence-electron chi connectivity index (χ0n) is 27.9. The van der Waals surface area contributed by atoms with Crippen molar-refractivity contribution in [3.8, 4) is 40.1 Å². The van der Waals surface area contributed by atoms with E-state index in [9.17, 15) is 66.1 Å². The van der Waals surface area contributed by atoms with Gasteiger partial charge in [-0.3, -0.25) is 4.79 Å². The topological polar surface area (TPSA) is 328 Å². The summed E-state index contributed by atoms with van der Waals surface area (Å²) in [6, 6.07) is 5.14. The van der Waals surface area contributed by atoms with E-state index in [1.54, 1.807) is 0 Å². The molecule has 0 radical (unpaired) electrons. The Morgan fingerprint density at radius 3 is 1.94 bits per heavy atom. The van der Waals surface area contributed by atoms with Crippen molar-refractivity contribution in [2.24, 2.45) is 0 Å². The van der Waals surface area contributed by atoms with Crippen LogP contribution < -0.4 is 10.2 Å². The van der Waals surface area contributed by atoms with Gasteiger partial charge in [0.25, 0.3) is 0 Å². The normalized spacial score (nSPS) is 37.8. The SMILES string of the molecule is CC1O[C@@H](OC2[C@H](OCC3O[C@@H](Oc4c(-c5ccc(O)c(O)c5)oc5cc(O)cc(O)c5c4=O)C(O)C(O)[C@@H]3O)OC(C)[C@H](O)[C@@H]2O)C(O)[C@@H](O)[C@H]1O. The van der Waals surface area contributed by atoms with Gasteiger partial charge in [-0.1, -0.05) is 0 Å². The number of hydrogen-bond acceptors (Lipinski definition) is 20. The number of hydrogen-bond donors (Lipinski definition) is 12. The predicted molar refractivity (Wildman–Crippen MR) is 171 cm³/mol. The number of benzene rings is 2. The highest BCUT2D eigenvalue weighted by atomic mass is 16.8. The Labute approximate surface area is 298 Å². The molecule has 3 fully saturated rings. The number of phenolic OH excluding ortho intramolecular Hbond substituents is 4. The molecule has 20 nitrogen and oxygen atoms in total. The lowest BCUT2D eigenvalue weighted by molar-refractivity contribution is -0.367. The van der Waals surface area contributed by atoms with Crippen LogP contribution in [-0.4, -0.2) is 160 Å². The highest BCUT2D eigenvalue weighted by Crippen LogP contribution is 2.40. The van der Waals surface area contributed by atoms with Gasteiger partial charge < -0.3 is 94.1 Å². The summed E-state index contributed by atoms with van der Waals surface area (Å²) < 4.78 is 39.8. The summed E-state index contributed by atoms with van der Waals surface area (Å²) in [7, 11) is 0. The number of rotatable bonds is 8. The number of aliphatic hydroxyl groups excluding tert-OH is 8. The maximum absolute atomic E-state index is 13.8. The van der Waals surface area contributed by atoms with E-state index in [2.05, 4.69) is 0 Å². The zero-order chi connectivity index (χ0) is 38.6. The van der Waals surface area contributed by atoms with E-state index < -0.39 is 144 Å². The van der Waals surface area contributed by atoms with E-state index in [-0.39, 0.29) is 11.1 Å². The summed E-state index contributed by atoms with van der Waals surface area (Å²) in [4.78, 5) is 13.8. The highest BCUT2D eigenvalue weighted by molar-refractivity contribution is 5.88. The molecule has 0 aliphatic carbocycles. The first-order valence-electron chi connectivity index (χ1n) is 16.4. The van der Waals surface area contributed by atoms with Crippen LogP contribution in [0, 0.1) is 0 Å². The molecule has 53 heavy (non-hydrogen) atoms. The lowest BCUT2D eigenvalue weighted by Crippen LogP contribution is -2.64. The minimum Gasteiger partial charge on any atom is -0.508 e. The third-order valence-corrected chi connectivity index (χ3v) is 9.37. The van der Waals surface area contributed by atoms with Crippen LogP contribution in [0.15, 0.2) is 39.5 Å².